The largest absolute Gasteiger partial charge is 0.339 e. The fraction of sp³-hybridized carbons (Fsp3) is 0.147. The van der Waals surface area contributed by atoms with Crippen LogP contribution in [0.2, 0.25) is 0 Å². The summed E-state index contributed by atoms with van der Waals surface area (Å²) in [5, 5.41) is 8.91. The number of rotatable bonds is 3. The van der Waals surface area contributed by atoms with Crippen molar-refractivity contribution in [1.82, 2.24) is 0 Å². The van der Waals surface area contributed by atoms with Gasteiger partial charge in [0.1, 0.15) is 12.9 Å². The number of hydrogen-bond donors (Lipinski definition) is 1. The van der Waals surface area contributed by atoms with Gasteiger partial charge < -0.3 is 10.2 Å². The van der Waals surface area contributed by atoms with Crippen LogP contribution in [0.25, 0.3) is 21.5 Å². The summed E-state index contributed by atoms with van der Waals surface area (Å²) in [7, 11) is 4.37. The van der Waals surface area contributed by atoms with E-state index in [0.717, 1.165) is 12.2 Å². The Hall–Kier alpha value is -4.37. The van der Waals surface area contributed by atoms with Gasteiger partial charge in [0, 0.05) is 30.1 Å². The molecule has 1 atom stereocenters. The first-order valence-electron chi connectivity index (χ1n) is 13.0. The Morgan fingerprint density at radius 1 is 0.784 bits per heavy atom. The predicted octanol–water partition coefficient (Wildman–Crippen LogP) is 7.63. The van der Waals surface area contributed by atoms with Crippen LogP contribution in [0.4, 0.5) is 17.1 Å². The van der Waals surface area contributed by atoms with Crippen LogP contribution in [-0.2, 0) is 11.8 Å². The Morgan fingerprint density at radius 3 is 2.22 bits per heavy atom. The van der Waals surface area contributed by atoms with Gasteiger partial charge in [-0.15, -0.1) is 0 Å². The smallest absolute Gasteiger partial charge is 0.210 e. The maximum Gasteiger partial charge on any atom is 0.210 e. The van der Waals surface area contributed by atoms with Gasteiger partial charge in [0.05, 0.1) is 16.8 Å². The van der Waals surface area contributed by atoms with Crippen molar-refractivity contribution >= 4 is 44.3 Å². The molecule has 0 saturated carbocycles. The Labute approximate surface area is 218 Å². The van der Waals surface area contributed by atoms with Crippen LogP contribution in [0.1, 0.15) is 18.1 Å². The van der Waals surface area contributed by atoms with Crippen molar-refractivity contribution in [3.8, 4) is 0 Å². The second kappa shape index (κ2) is 8.07. The minimum atomic E-state index is -0.196. The number of nitrogens with one attached hydrogen (secondary N) is 1. The maximum atomic E-state index is 3.78. The molecule has 0 amide bonds. The molecule has 0 fully saturated rings. The third kappa shape index (κ3) is 3.24. The third-order valence-electron chi connectivity index (χ3n) is 8.30. The molecule has 37 heavy (non-hydrogen) atoms. The first-order valence-corrected chi connectivity index (χ1v) is 13.0. The van der Waals surface area contributed by atoms with E-state index in [1.165, 1.54) is 55.4 Å². The first-order chi connectivity index (χ1) is 18.0. The average Bonchev–Trinajstić information content (AvgIpc) is 3.36. The molecule has 0 aromatic heterocycles. The molecule has 0 saturated heterocycles. The molecule has 0 bridgehead atoms. The lowest BCUT2D eigenvalue weighted by molar-refractivity contribution is -0.401. The molecule has 1 N–H and O–H groups in total. The molecule has 2 heterocycles. The zero-order valence-corrected chi connectivity index (χ0v) is 21.5. The number of fused-ring (bicyclic) bond motifs is 6. The molecule has 5 aromatic rings. The van der Waals surface area contributed by atoms with Gasteiger partial charge in [-0.25, -0.2) is 0 Å². The molecule has 3 heteroatoms. The molecule has 2 aliphatic heterocycles. The van der Waals surface area contributed by atoms with Gasteiger partial charge in [-0.2, -0.15) is 4.58 Å². The molecule has 180 valence electrons. The molecule has 0 aliphatic carbocycles. The highest BCUT2D eigenvalue weighted by molar-refractivity contribution is 6.10. The summed E-state index contributed by atoms with van der Waals surface area (Å²) in [6, 6.07) is 37.3. The van der Waals surface area contributed by atoms with E-state index in [2.05, 4.69) is 145 Å². The quantitative estimate of drug-likeness (QED) is 0.268. The molecule has 5 aromatic carbocycles. The lowest BCUT2D eigenvalue weighted by atomic mass is 9.73. The molecule has 2 aliphatic rings. The van der Waals surface area contributed by atoms with Crippen molar-refractivity contribution in [2.45, 2.75) is 18.8 Å². The van der Waals surface area contributed by atoms with Gasteiger partial charge >= 0.3 is 0 Å². The zero-order chi connectivity index (χ0) is 25.1. The van der Waals surface area contributed by atoms with Gasteiger partial charge in [-0.05, 0) is 47.2 Å². The second-order valence-corrected chi connectivity index (χ2v) is 10.5. The summed E-state index contributed by atoms with van der Waals surface area (Å²) in [6.45, 7) is 2.42. The molecule has 1 unspecified atom stereocenters. The van der Waals surface area contributed by atoms with E-state index in [9.17, 15) is 0 Å². The number of nitrogens with zero attached hydrogens (tertiary/aromatic N) is 2. The van der Waals surface area contributed by atoms with Crippen LogP contribution in [0, 0.1) is 0 Å². The minimum absolute atomic E-state index is 0.196. The summed E-state index contributed by atoms with van der Waals surface area (Å²) >= 11 is 0. The van der Waals surface area contributed by atoms with E-state index in [1.54, 1.807) is 0 Å². The van der Waals surface area contributed by atoms with Crippen molar-refractivity contribution in [3.63, 3.8) is 0 Å². The molecule has 7 rings (SSSR count). The van der Waals surface area contributed by atoms with E-state index < -0.39 is 0 Å². The molecule has 0 radical (unpaired) electrons. The Kier molecular flexibility index (Phi) is 4.77. The molecular weight excluding hydrogens is 450 g/mol. The molecular formula is C34H30N3+. The van der Waals surface area contributed by atoms with Crippen molar-refractivity contribution in [2.24, 2.45) is 0 Å². The molecule has 3 nitrogen and oxygen atoms in total. The van der Waals surface area contributed by atoms with Crippen molar-refractivity contribution in [1.29, 1.82) is 0 Å². The summed E-state index contributed by atoms with van der Waals surface area (Å²) in [6.07, 6.45) is 3.30. The van der Waals surface area contributed by atoms with Crippen molar-refractivity contribution in [2.75, 3.05) is 24.3 Å². The lowest BCUT2D eigenvalue weighted by Crippen LogP contribution is -2.34. The maximum absolute atomic E-state index is 3.78. The standard InChI is InChI=1S/C34H29N3/c1-34(22-23-11-5-4-6-12-23)30(36(2)28-19-17-24-13-7-9-15-26(24)32(28)34)21-31-35-33-27-16-10-8-14-25(27)18-20-29(33)37(31)3/h4-21H,22H2,1-3H3/p+1. The second-order valence-electron chi connectivity index (χ2n) is 10.5. The highest BCUT2D eigenvalue weighted by Gasteiger charge is 2.48. The van der Waals surface area contributed by atoms with Crippen LogP contribution in [0.3, 0.4) is 0 Å². The van der Waals surface area contributed by atoms with E-state index in [4.69, 9.17) is 0 Å². The minimum Gasteiger partial charge on any atom is -0.339 e. The van der Waals surface area contributed by atoms with Gasteiger partial charge in [0.2, 0.25) is 5.69 Å². The number of hydrogen-bond acceptors (Lipinski definition) is 2. The summed E-state index contributed by atoms with van der Waals surface area (Å²) in [5.74, 6) is 1.10. The van der Waals surface area contributed by atoms with Gasteiger partial charge in [0.15, 0.2) is 5.71 Å². The third-order valence-corrected chi connectivity index (χ3v) is 8.30. The fourth-order valence-electron chi connectivity index (χ4n) is 6.46. The predicted molar refractivity (Wildman–Crippen MR) is 156 cm³/mol. The highest BCUT2D eigenvalue weighted by Crippen LogP contribution is 2.47. The normalized spacial score (nSPS) is 19.5. The molecule has 0 spiro atoms. The lowest BCUT2D eigenvalue weighted by Gasteiger charge is -2.25. The van der Waals surface area contributed by atoms with Crippen LogP contribution in [-0.4, -0.2) is 24.4 Å². The van der Waals surface area contributed by atoms with Crippen molar-refractivity contribution < 1.29 is 4.58 Å². The first kappa shape index (κ1) is 21.9. The Morgan fingerprint density at radius 2 is 1.43 bits per heavy atom. The average molecular weight is 481 g/mol. The SMILES string of the molecule is CN1/C(=C/C2=[N+](C)c3ccc4ccccc4c3C2(C)Cc2ccccc2)Nc2c1ccc1ccccc21. The fourth-order valence-corrected chi connectivity index (χ4v) is 6.46. The summed E-state index contributed by atoms with van der Waals surface area (Å²) < 4.78 is 2.40. The van der Waals surface area contributed by atoms with E-state index in [0.29, 0.717) is 0 Å². The summed E-state index contributed by atoms with van der Waals surface area (Å²) in [4.78, 5) is 2.28. The van der Waals surface area contributed by atoms with Gasteiger partial charge in [0.25, 0.3) is 0 Å². The Bertz CT molecular complexity index is 1760. The van der Waals surface area contributed by atoms with Crippen LogP contribution < -0.4 is 10.2 Å². The zero-order valence-electron chi connectivity index (χ0n) is 21.5. The van der Waals surface area contributed by atoms with Crippen LogP contribution in [0.5, 0.6) is 0 Å². The topological polar surface area (TPSA) is 18.3 Å². The summed E-state index contributed by atoms with van der Waals surface area (Å²) in [5.41, 5.74) is 7.53. The van der Waals surface area contributed by atoms with Crippen LogP contribution in [0.15, 0.2) is 115 Å². The van der Waals surface area contributed by atoms with E-state index in [-0.39, 0.29) is 5.41 Å². The van der Waals surface area contributed by atoms with Gasteiger partial charge in [-0.3, -0.25) is 0 Å². The van der Waals surface area contributed by atoms with E-state index >= 15 is 0 Å². The number of anilines is 2. The number of allylic oxidation sites excluding steroid dienone is 1. The van der Waals surface area contributed by atoms with E-state index in [1.807, 2.05) is 0 Å². The highest BCUT2D eigenvalue weighted by atomic mass is 15.3. The van der Waals surface area contributed by atoms with Crippen LogP contribution >= 0.6 is 0 Å². The van der Waals surface area contributed by atoms with Gasteiger partial charge in [-0.1, -0.05) is 84.9 Å². The number of benzene rings is 5. The monoisotopic (exact) mass is 480 g/mol. The Balaban J connectivity index is 1.41. The van der Waals surface area contributed by atoms with Crippen molar-refractivity contribution in [3.05, 3.63) is 126 Å².